The minimum atomic E-state index is -0.301. The maximum Gasteiger partial charge on any atom is 0.166 e. The fourth-order valence-corrected chi connectivity index (χ4v) is 2.63. The van der Waals surface area contributed by atoms with Gasteiger partial charge in [-0.3, -0.25) is 4.79 Å². The molecule has 0 aliphatic heterocycles. The highest BCUT2D eigenvalue weighted by Gasteiger charge is 2.10. The number of aldehydes is 1. The largest absolute Gasteiger partial charge is 0.352 e. The molecule has 1 aromatic heterocycles. The van der Waals surface area contributed by atoms with Crippen molar-refractivity contribution in [1.82, 2.24) is 4.98 Å². The number of benzene rings is 1. The Labute approximate surface area is 142 Å². The minimum absolute atomic E-state index is 0.301. The van der Waals surface area contributed by atoms with Gasteiger partial charge in [0.15, 0.2) is 6.29 Å². The van der Waals surface area contributed by atoms with Gasteiger partial charge >= 0.3 is 0 Å². The van der Waals surface area contributed by atoms with E-state index in [0.29, 0.717) is 16.8 Å². The number of aryl methyl sites for hydroxylation is 1. The molecule has 0 saturated carbocycles. The molecule has 0 amide bonds. The van der Waals surface area contributed by atoms with Gasteiger partial charge in [0, 0.05) is 11.3 Å². The van der Waals surface area contributed by atoms with Crippen LogP contribution in [0.4, 0.5) is 4.39 Å². The summed E-state index contributed by atoms with van der Waals surface area (Å²) in [6.07, 6.45) is 8.29. The molecule has 2 nitrogen and oxygen atoms in total. The van der Waals surface area contributed by atoms with Gasteiger partial charge in [-0.25, -0.2) is 4.39 Å². The van der Waals surface area contributed by atoms with Crippen LogP contribution >= 0.6 is 0 Å². The molecule has 1 aromatic carbocycles. The number of carbonyl (C=O) groups excluding carboxylic acids is 1. The van der Waals surface area contributed by atoms with Crippen molar-refractivity contribution in [3.05, 3.63) is 83.5 Å². The lowest BCUT2D eigenvalue weighted by atomic mass is 10.0. The highest BCUT2D eigenvalue weighted by molar-refractivity contribution is 5.87. The summed E-state index contributed by atoms with van der Waals surface area (Å²) < 4.78 is 13.9. The van der Waals surface area contributed by atoms with Crippen molar-refractivity contribution in [1.29, 1.82) is 0 Å². The van der Waals surface area contributed by atoms with Crippen LogP contribution in [0.5, 0.6) is 0 Å². The summed E-state index contributed by atoms with van der Waals surface area (Å²) in [7, 11) is 0. The zero-order valence-corrected chi connectivity index (χ0v) is 14.1. The molecular formula is C21H22FNO. The highest BCUT2D eigenvalue weighted by Crippen LogP contribution is 2.25. The van der Waals surface area contributed by atoms with Crippen LogP contribution in [0.15, 0.2) is 55.1 Å². The molecule has 0 aliphatic carbocycles. The zero-order valence-electron chi connectivity index (χ0n) is 14.1. The number of rotatable bonds is 7. The van der Waals surface area contributed by atoms with Gasteiger partial charge in [-0.2, -0.15) is 0 Å². The van der Waals surface area contributed by atoms with E-state index in [1.54, 1.807) is 18.2 Å². The first-order valence-corrected chi connectivity index (χ1v) is 8.06. The summed E-state index contributed by atoms with van der Waals surface area (Å²) in [5, 5.41) is 0. The van der Waals surface area contributed by atoms with Crippen molar-refractivity contribution in [2.24, 2.45) is 0 Å². The third-order valence-electron chi connectivity index (χ3n) is 3.78. The van der Waals surface area contributed by atoms with E-state index in [9.17, 15) is 9.18 Å². The van der Waals surface area contributed by atoms with Gasteiger partial charge < -0.3 is 4.98 Å². The van der Waals surface area contributed by atoms with Crippen LogP contribution in [-0.2, 0) is 6.42 Å². The van der Waals surface area contributed by atoms with Crippen LogP contribution < -0.4 is 0 Å². The van der Waals surface area contributed by atoms with Crippen LogP contribution in [-0.4, -0.2) is 11.3 Å². The maximum absolute atomic E-state index is 13.9. The number of hydrogen-bond acceptors (Lipinski definition) is 1. The van der Waals surface area contributed by atoms with Crippen LogP contribution in [0.1, 0.15) is 47.6 Å². The summed E-state index contributed by atoms with van der Waals surface area (Å²) in [5.74, 6) is -0.301. The molecule has 2 aromatic rings. The van der Waals surface area contributed by atoms with Crippen molar-refractivity contribution in [3.63, 3.8) is 0 Å². The molecular weight excluding hydrogens is 301 g/mol. The van der Waals surface area contributed by atoms with Gasteiger partial charge in [-0.1, -0.05) is 50.3 Å². The van der Waals surface area contributed by atoms with E-state index in [4.69, 9.17) is 0 Å². The third-order valence-corrected chi connectivity index (χ3v) is 3.78. The summed E-state index contributed by atoms with van der Waals surface area (Å²) in [6, 6.07) is 8.54. The lowest BCUT2D eigenvalue weighted by Crippen LogP contribution is -1.89. The predicted molar refractivity (Wildman–Crippen MR) is 98.4 cm³/mol. The Bertz CT molecular complexity index is 796. The number of nitrogens with one attached hydrogen (secondary N) is 1. The Morgan fingerprint density at radius 2 is 2.08 bits per heavy atom. The molecule has 3 heteroatoms. The van der Waals surface area contributed by atoms with E-state index in [-0.39, 0.29) is 5.82 Å². The number of allylic oxidation sites excluding steroid dienone is 5. The maximum atomic E-state index is 13.9. The molecule has 1 heterocycles. The topological polar surface area (TPSA) is 32.9 Å². The molecule has 0 atom stereocenters. The number of carbonyl (C=O) groups is 1. The van der Waals surface area contributed by atoms with E-state index < -0.39 is 0 Å². The van der Waals surface area contributed by atoms with Crippen LogP contribution in [0.3, 0.4) is 0 Å². The Morgan fingerprint density at radius 3 is 2.71 bits per heavy atom. The van der Waals surface area contributed by atoms with Gasteiger partial charge in [0.05, 0.1) is 5.69 Å². The quantitative estimate of drug-likeness (QED) is 0.523. The molecule has 0 spiro atoms. The molecule has 0 radical (unpaired) electrons. The SMILES string of the molecule is C=C(/C=C(\C=C/C)c1cc(CCC)c(C=O)[nH]1)c1ccccc1F. The molecule has 0 aliphatic rings. The summed E-state index contributed by atoms with van der Waals surface area (Å²) >= 11 is 0. The molecule has 0 unspecified atom stereocenters. The zero-order chi connectivity index (χ0) is 17.5. The average molecular weight is 323 g/mol. The Balaban J connectivity index is 2.44. The van der Waals surface area contributed by atoms with Crippen molar-refractivity contribution < 1.29 is 9.18 Å². The lowest BCUT2D eigenvalue weighted by molar-refractivity contribution is 0.111. The van der Waals surface area contributed by atoms with E-state index in [1.807, 2.05) is 31.2 Å². The first-order valence-electron chi connectivity index (χ1n) is 8.06. The van der Waals surface area contributed by atoms with E-state index in [2.05, 4.69) is 18.5 Å². The van der Waals surface area contributed by atoms with Gasteiger partial charge in [0.25, 0.3) is 0 Å². The average Bonchev–Trinajstić information content (AvgIpc) is 2.98. The summed E-state index contributed by atoms with van der Waals surface area (Å²) in [5.41, 5.74) is 4.33. The first-order chi connectivity index (χ1) is 11.6. The Hall–Kier alpha value is -2.68. The number of H-pyrrole nitrogens is 1. The molecule has 0 fully saturated rings. The van der Waals surface area contributed by atoms with Gasteiger partial charge in [0.1, 0.15) is 5.82 Å². The van der Waals surface area contributed by atoms with Gasteiger partial charge in [0.2, 0.25) is 0 Å². The third kappa shape index (κ3) is 3.99. The van der Waals surface area contributed by atoms with Crippen molar-refractivity contribution in [2.75, 3.05) is 0 Å². The predicted octanol–water partition coefficient (Wildman–Crippen LogP) is 5.59. The molecule has 124 valence electrons. The molecule has 0 bridgehead atoms. The normalized spacial score (nSPS) is 11.9. The number of aromatic nitrogens is 1. The smallest absolute Gasteiger partial charge is 0.166 e. The highest BCUT2D eigenvalue weighted by atomic mass is 19.1. The van der Waals surface area contributed by atoms with E-state index in [1.165, 1.54) is 6.07 Å². The second kappa shape index (κ2) is 8.25. The molecule has 1 N–H and O–H groups in total. The summed E-state index contributed by atoms with van der Waals surface area (Å²) in [4.78, 5) is 14.4. The second-order valence-corrected chi connectivity index (χ2v) is 5.59. The van der Waals surface area contributed by atoms with Crippen LogP contribution in [0.2, 0.25) is 0 Å². The summed E-state index contributed by atoms with van der Waals surface area (Å²) in [6.45, 7) is 7.97. The second-order valence-electron chi connectivity index (χ2n) is 5.59. The number of hydrogen-bond donors (Lipinski definition) is 1. The van der Waals surface area contributed by atoms with Crippen LogP contribution in [0.25, 0.3) is 11.1 Å². The number of aromatic amines is 1. The van der Waals surface area contributed by atoms with Crippen LogP contribution in [0, 0.1) is 5.82 Å². The fourth-order valence-electron chi connectivity index (χ4n) is 2.63. The van der Waals surface area contributed by atoms with Crippen molar-refractivity contribution in [2.45, 2.75) is 26.7 Å². The monoisotopic (exact) mass is 323 g/mol. The number of halogens is 1. The molecule has 0 saturated heterocycles. The van der Waals surface area contributed by atoms with Gasteiger partial charge in [-0.15, -0.1) is 0 Å². The van der Waals surface area contributed by atoms with E-state index in [0.717, 1.165) is 36.0 Å². The first kappa shape index (κ1) is 17.7. The molecule has 2 rings (SSSR count). The fraction of sp³-hybridized carbons (Fsp3) is 0.190. The minimum Gasteiger partial charge on any atom is -0.352 e. The standard InChI is InChI=1S/C21H22FNO/c1-4-8-16(12-15(3)18-10-6-7-11-19(18)22)20-13-17(9-5-2)21(14-24)23-20/h4,6-8,10-14,23H,3,5,9H2,1-2H3/b8-4-,16-12+. The van der Waals surface area contributed by atoms with Crippen molar-refractivity contribution >= 4 is 17.4 Å². The van der Waals surface area contributed by atoms with Gasteiger partial charge in [-0.05, 0) is 48.3 Å². The Morgan fingerprint density at radius 1 is 1.33 bits per heavy atom. The van der Waals surface area contributed by atoms with Crippen molar-refractivity contribution in [3.8, 4) is 0 Å². The Kier molecular flexibility index (Phi) is 6.07. The lowest BCUT2D eigenvalue weighted by Gasteiger charge is -2.05. The van der Waals surface area contributed by atoms with E-state index >= 15 is 0 Å². The molecule has 24 heavy (non-hydrogen) atoms.